The van der Waals surface area contributed by atoms with E-state index in [2.05, 4.69) is 5.32 Å². The van der Waals surface area contributed by atoms with Crippen LogP contribution in [0.1, 0.15) is 23.1 Å². The van der Waals surface area contributed by atoms with Gasteiger partial charge in [-0.15, -0.1) is 0 Å². The SMILES string of the molecule is COc1ccccc1CCCNC(=O)COc1cc(C)ccc1C. The first-order valence-corrected chi connectivity index (χ1v) is 8.19. The molecular weight excluding hydrogens is 302 g/mol. The van der Waals surface area contributed by atoms with Gasteiger partial charge in [-0.1, -0.05) is 30.3 Å². The zero-order chi connectivity index (χ0) is 17.4. The zero-order valence-corrected chi connectivity index (χ0v) is 14.6. The van der Waals surface area contributed by atoms with Crippen molar-refractivity contribution in [2.75, 3.05) is 20.3 Å². The molecule has 4 nitrogen and oxygen atoms in total. The lowest BCUT2D eigenvalue weighted by molar-refractivity contribution is -0.123. The van der Waals surface area contributed by atoms with Gasteiger partial charge in [0.15, 0.2) is 6.61 Å². The molecule has 2 aromatic carbocycles. The third kappa shape index (κ3) is 5.30. The Morgan fingerprint density at radius 1 is 1.08 bits per heavy atom. The van der Waals surface area contributed by atoms with Crippen LogP contribution in [-0.4, -0.2) is 26.2 Å². The monoisotopic (exact) mass is 327 g/mol. The number of ether oxygens (including phenoxy) is 2. The van der Waals surface area contributed by atoms with Gasteiger partial charge in [0.1, 0.15) is 11.5 Å². The molecule has 2 aromatic rings. The van der Waals surface area contributed by atoms with Crippen molar-refractivity contribution in [3.63, 3.8) is 0 Å². The number of methoxy groups -OCH3 is 1. The first kappa shape index (κ1) is 17.9. The standard InChI is InChI=1S/C20H25NO3/c1-15-10-11-16(2)19(13-15)24-14-20(22)21-12-6-8-17-7-4-5-9-18(17)23-3/h4-5,7,9-11,13H,6,8,12,14H2,1-3H3,(H,21,22). The summed E-state index contributed by atoms with van der Waals surface area (Å²) >= 11 is 0. The van der Waals surface area contributed by atoms with Crippen molar-refractivity contribution < 1.29 is 14.3 Å². The van der Waals surface area contributed by atoms with Crippen molar-refractivity contribution in [1.29, 1.82) is 0 Å². The van der Waals surface area contributed by atoms with Crippen molar-refractivity contribution in [2.24, 2.45) is 0 Å². The van der Waals surface area contributed by atoms with E-state index in [-0.39, 0.29) is 12.5 Å². The molecule has 0 spiro atoms. The maximum absolute atomic E-state index is 11.9. The molecule has 24 heavy (non-hydrogen) atoms. The number of hydrogen-bond donors (Lipinski definition) is 1. The Labute approximate surface area is 143 Å². The first-order valence-electron chi connectivity index (χ1n) is 8.19. The first-order chi connectivity index (χ1) is 11.6. The number of hydrogen-bond acceptors (Lipinski definition) is 3. The van der Waals surface area contributed by atoms with E-state index in [1.54, 1.807) is 7.11 Å². The number of para-hydroxylation sites is 1. The van der Waals surface area contributed by atoms with Gasteiger partial charge in [0.2, 0.25) is 0 Å². The number of carbonyl (C=O) groups is 1. The summed E-state index contributed by atoms with van der Waals surface area (Å²) < 4.78 is 10.9. The second kappa shape index (κ2) is 8.96. The van der Waals surface area contributed by atoms with Crippen LogP contribution in [0.4, 0.5) is 0 Å². The second-order valence-electron chi connectivity index (χ2n) is 5.82. The van der Waals surface area contributed by atoms with E-state index in [1.165, 1.54) is 0 Å². The zero-order valence-electron chi connectivity index (χ0n) is 14.6. The summed E-state index contributed by atoms with van der Waals surface area (Å²) in [5, 5.41) is 2.89. The highest BCUT2D eigenvalue weighted by molar-refractivity contribution is 5.77. The van der Waals surface area contributed by atoms with Crippen LogP contribution in [0.2, 0.25) is 0 Å². The van der Waals surface area contributed by atoms with Crippen LogP contribution in [0.3, 0.4) is 0 Å². The topological polar surface area (TPSA) is 47.6 Å². The third-order valence-electron chi connectivity index (χ3n) is 3.84. The molecule has 0 radical (unpaired) electrons. The molecule has 128 valence electrons. The Hall–Kier alpha value is -2.49. The lowest BCUT2D eigenvalue weighted by atomic mass is 10.1. The molecule has 4 heteroatoms. The van der Waals surface area contributed by atoms with Crippen LogP contribution in [0.15, 0.2) is 42.5 Å². The average Bonchev–Trinajstić information content (AvgIpc) is 2.59. The Morgan fingerprint density at radius 3 is 2.67 bits per heavy atom. The number of benzene rings is 2. The van der Waals surface area contributed by atoms with Crippen molar-refractivity contribution in [1.82, 2.24) is 5.32 Å². The molecule has 0 saturated carbocycles. The predicted octanol–water partition coefficient (Wildman–Crippen LogP) is 3.44. The van der Waals surface area contributed by atoms with Gasteiger partial charge < -0.3 is 14.8 Å². The minimum absolute atomic E-state index is 0.0406. The molecule has 0 fully saturated rings. The summed E-state index contributed by atoms with van der Waals surface area (Å²) in [6, 6.07) is 13.9. The molecule has 0 aromatic heterocycles. The molecule has 1 amide bonds. The van der Waals surface area contributed by atoms with Crippen molar-refractivity contribution in [3.8, 4) is 11.5 Å². The number of rotatable bonds is 8. The van der Waals surface area contributed by atoms with Gasteiger partial charge in [0, 0.05) is 6.54 Å². The molecule has 2 rings (SSSR count). The van der Waals surface area contributed by atoms with E-state index in [1.807, 2.05) is 56.3 Å². The fourth-order valence-electron chi connectivity index (χ4n) is 2.47. The van der Waals surface area contributed by atoms with E-state index in [4.69, 9.17) is 9.47 Å². The molecule has 1 N–H and O–H groups in total. The Morgan fingerprint density at radius 2 is 1.88 bits per heavy atom. The number of amides is 1. The van der Waals surface area contributed by atoms with Gasteiger partial charge in [-0.2, -0.15) is 0 Å². The van der Waals surface area contributed by atoms with E-state index >= 15 is 0 Å². The molecule has 0 heterocycles. The molecule has 0 aliphatic heterocycles. The van der Waals surface area contributed by atoms with E-state index in [0.717, 1.165) is 41.0 Å². The predicted molar refractivity (Wildman–Crippen MR) is 95.7 cm³/mol. The quantitative estimate of drug-likeness (QED) is 0.756. The second-order valence-corrected chi connectivity index (χ2v) is 5.82. The number of aryl methyl sites for hydroxylation is 3. The van der Waals surface area contributed by atoms with Gasteiger partial charge in [-0.05, 0) is 55.5 Å². The normalized spacial score (nSPS) is 10.3. The van der Waals surface area contributed by atoms with E-state index in [0.29, 0.717) is 6.54 Å². The molecule has 0 atom stereocenters. The Balaban J connectivity index is 1.71. The minimum Gasteiger partial charge on any atom is -0.496 e. The lowest BCUT2D eigenvalue weighted by Crippen LogP contribution is -2.30. The highest BCUT2D eigenvalue weighted by atomic mass is 16.5. The summed E-state index contributed by atoms with van der Waals surface area (Å²) in [4.78, 5) is 11.9. The van der Waals surface area contributed by atoms with Crippen molar-refractivity contribution >= 4 is 5.91 Å². The summed E-state index contributed by atoms with van der Waals surface area (Å²) in [7, 11) is 1.67. The van der Waals surface area contributed by atoms with E-state index < -0.39 is 0 Å². The summed E-state index contributed by atoms with van der Waals surface area (Å²) in [5.41, 5.74) is 3.30. The molecule has 0 bridgehead atoms. The van der Waals surface area contributed by atoms with Crippen LogP contribution in [0.5, 0.6) is 11.5 Å². The Bertz CT molecular complexity index is 682. The highest BCUT2D eigenvalue weighted by Gasteiger charge is 2.06. The van der Waals surface area contributed by atoms with Gasteiger partial charge in [0.05, 0.1) is 7.11 Å². The van der Waals surface area contributed by atoms with Crippen LogP contribution in [0, 0.1) is 13.8 Å². The van der Waals surface area contributed by atoms with Crippen LogP contribution < -0.4 is 14.8 Å². The van der Waals surface area contributed by atoms with Gasteiger partial charge in [-0.3, -0.25) is 4.79 Å². The number of nitrogens with one attached hydrogen (secondary N) is 1. The van der Waals surface area contributed by atoms with Crippen LogP contribution in [-0.2, 0) is 11.2 Å². The highest BCUT2D eigenvalue weighted by Crippen LogP contribution is 2.19. The van der Waals surface area contributed by atoms with Gasteiger partial charge >= 0.3 is 0 Å². The average molecular weight is 327 g/mol. The minimum atomic E-state index is -0.101. The third-order valence-corrected chi connectivity index (χ3v) is 3.84. The fraction of sp³-hybridized carbons (Fsp3) is 0.350. The molecule has 0 aliphatic carbocycles. The van der Waals surface area contributed by atoms with E-state index in [9.17, 15) is 4.79 Å². The summed E-state index contributed by atoms with van der Waals surface area (Å²) in [6.45, 7) is 4.64. The largest absolute Gasteiger partial charge is 0.496 e. The summed E-state index contributed by atoms with van der Waals surface area (Å²) in [6.07, 6.45) is 1.72. The smallest absolute Gasteiger partial charge is 0.257 e. The Kier molecular flexibility index (Phi) is 6.67. The van der Waals surface area contributed by atoms with Crippen LogP contribution >= 0.6 is 0 Å². The van der Waals surface area contributed by atoms with Crippen molar-refractivity contribution in [2.45, 2.75) is 26.7 Å². The van der Waals surface area contributed by atoms with Gasteiger partial charge in [0.25, 0.3) is 5.91 Å². The lowest BCUT2D eigenvalue weighted by Gasteiger charge is -2.11. The maximum Gasteiger partial charge on any atom is 0.257 e. The maximum atomic E-state index is 11.9. The fourth-order valence-corrected chi connectivity index (χ4v) is 2.47. The van der Waals surface area contributed by atoms with Crippen LogP contribution in [0.25, 0.3) is 0 Å². The van der Waals surface area contributed by atoms with Gasteiger partial charge in [-0.25, -0.2) is 0 Å². The molecular formula is C20H25NO3. The molecule has 0 unspecified atom stereocenters. The van der Waals surface area contributed by atoms with Crippen molar-refractivity contribution in [3.05, 3.63) is 59.2 Å². The molecule has 0 saturated heterocycles. The molecule has 0 aliphatic rings. The summed E-state index contributed by atoms with van der Waals surface area (Å²) in [5.74, 6) is 1.55. The number of carbonyl (C=O) groups excluding carboxylic acids is 1.